The molecule has 10 heteroatoms. The Kier molecular flexibility index (Phi) is 5.05. The number of pyridine rings is 1. The summed E-state index contributed by atoms with van der Waals surface area (Å²) >= 11 is 0. The van der Waals surface area contributed by atoms with Crippen LogP contribution < -0.4 is 10.3 Å². The standard InChI is InChI=1S/C20H19N5O5/c1-11(2)29-13-6-4-12(5-7-13)18-21-16(30-24-18)10-25-8-14-17(22-23-19(14)26)15(9-25)20(27)28-3/h4-9,11H,10H2,1-3H3,(H,23,26). The molecule has 0 saturated heterocycles. The van der Waals surface area contributed by atoms with E-state index in [1.807, 2.05) is 38.1 Å². The van der Waals surface area contributed by atoms with Crippen LogP contribution in [-0.2, 0) is 11.3 Å². The van der Waals surface area contributed by atoms with Crippen LogP contribution in [0.1, 0.15) is 30.1 Å². The Morgan fingerprint density at radius 2 is 2.00 bits per heavy atom. The summed E-state index contributed by atoms with van der Waals surface area (Å²) in [7, 11) is 1.26. The Morgan fingerprint density at radius 3 is 2.70 bits per heavy atom. The number of nitrogens with one attached hydrogen (secondary N) is 1. The summed E-state index contributed by atoms with van der Waals surface area (Å²) in [6.45, 7) is 4.07. The second-order valence-electron chi connectivity index (χ2n) is 6.85. The molecule has 1 N–H and O–H groups in total. The van der Waals surface area contributed by atoms with Crippen molar-refractivity contribution in [3.63, 3.8) is 0 Å². The van der Waals surface area contributed by atoms with Gasteiger partial charge in [-0.3, -0.25) is 4.79 Å². The second-order valence-corrected chi connectivity index (χ2v) is 6.85. The Balaban J connectivity index is 1.60. The van der Waals surface area contributed by atoms with Crippen LogP contribution in [0.15, 0.2) is 46.0 Å². The van der Waals surface area contributed by atoms with E-state index in [2.05, 4.69) is 20.3 Å². The first-order valence-electron chi connectivity index (χ1n) is 9.20. The number of H-pyrrole nitrogens is 1. The molecule has 0 spiro atoms. The lowest BCUT2D eigenvalue weighted by Gasteiger charge is -2.09. The van der Waals surface area contributed by atoms with E-state index >= 15 is 0 Å². The molecule has 0 fully saturated rings. The zero-order valence-electron chi connectivity index (χ0n) is 16.6. The zero-order valence-corrected chi connectivity index (χ0v) is 16.6. The number of esters is 1. The Morgan fingerprint density at radius 1 is 1.23 bits per heavy atom. The molecular formula is C20H19N5O5. The van der Waals surface area contributed by atoms with E-state index in [-0.39, 0.29) is 29.5 Å². The van der Waals surface area contributed by atoms with Crippen molar-refractivity contribution < 1.29 is 18.8 Å². The minimum atomic E-state index is -0.601. The topological polar surface area (TPSA) is 125 Å². The lowest BCUT2D eigenvalue weighted by molar-refractivity contribution is 0.0600. The first-order chi connectivity index (χ1) is 14.4. The average Bonchev–Trinajstić information content (AvgIpc) is 3.34. The van der Waals surface area contributed by atoms with Gasteiger partial charge in [-0.1, -0.05) is 5.16 Å². The number of carbonyl (C=O) groups is 1. The van der Waals surface area contributed by atoms with Crippen molar-refractivity contribution in [2.24, 2.45) is 0 Å². The monoisotopic (exact) mass is 409 g/mol. The van der Waals surface area contributed by atoms with Crippen LogP contribution in [0.4, 0.5) is 0 Å². The van der Waals surface area contributed by atoms with Gasteiger partial charge in [0.15, 0.2) is 0 Å². The lowest BCUT2D eigenvalue weighted by atomic mass is 10.1. The van der Waals surface area contributed by atoms with Crippen molar-refractivity contribution in [1.29, 1.82) is 0 Å². The van der Waals surface area contributed by atoms with Crippen LogP contribution in [-0.4, -0.2) is 44.1 Å². The Labute approximate surface area is 170 Å². The molecular weight excluding hydrogens is 390 g/mol. The normalized spacial score (nSPS) is 11.2. The molecule has 0 saturated carbocycles. The molecule has 1 aromatic heterocycles. The highest BCUT2D eigenvalue weighted by Crippen LogP contribution is 2.23. The molecule has 2 aliphatic rings. The van der Waals surface area contributed by atoms with Gasteiger partial charge in [-0.25, -0.2) is 9.89 Å². The Hall–Kier alpha value is -3.95. The van der Waals surface area contributed by atoms with Crippen LogP contribution in [0.25, 0.3) is 22.6 Å². The molecule has 4 rings (SSSR count). The molecule has 0 amide bonds. The smallest absolute Gasteiger partial charge is 0.341 e. The van der Waals surface area contributed by atoms with Crippen molar-refractivity contribution >= 4 is 5.97 Å². The number of hydrogen-bond donors (Lipinski definition) is 1. The van der Waals surface area contributed by atoms with Crippen molar-refractivity contribution in [1.82, 2.24) is 24.9 Å². The molecule has 10 nitrogen and oxygen atoms in total. The molecule has 154 valence electrons. The van der Waals surface area contributed by atoms with E-state index in [1.54, 1.807) is 10.8 Å². The van der Waals surface area contributed by atoms with Crippen molar-refractivity contribution in [2.45, 2.75) is 26.5 Å². The summed E-state index contributed by atoms with van der Waals surface area (Å²) in [4.78, 5) is 28.5. The number of fused-ring (bicyclic) bond motifs is 1. The number of rotatable bonds is 6. The van der Waals surface area contributed by atoms with Crippen LogP contribution in [0.2, 0.25) is 0 Å². The Bertz CT molecular complexity index is 1210. The number of aromatic nitrogens is 5. The van der Waals surface area contributed by atoms with Crippen molar-refractivity contribution in [3.8, 4) is 28.4 Å². The minimum Gasteiger partial charge on any atom is -0.491 e. The fourth-order valence-electron chi connectivity index (χ4n) is 2.99. The maximum atomic E-state index is 12.1. The molecule has 30 heavy (non-hydrogen) atoms. The highest BCUT2D eigenvalue weighted by Gasteiger charge is 2.22. The summed E-state index contributed by atoms with van der Waals surface area (Å²) in [5, 5.41) is 10.2. The number of aromatic amines is 1. The minimum absolute atomic E-state index is 0.0849. The lowest BCUT2D eigenvalue weighted by Crippen LogP contribution is -2.12. The molecule has 0 aliphatic carbocycles. The van der Waals surface area contributed by atoms with E-state index in [0.717, 1.165) is 11.3 Å². The van der Waals surface area contributed by atoms with E-state index < -0.39 is 11.5 Å². The first-order valence-corrected chi connectivity index (χ1v) is 9.20. The third kappa shape index (κ3) is 3.79. The SMILES string of the molecule is COC(=O)c1cn(Cc2nc(-c3ccc(OC(C)C)cc3)no2)cc2c(=O)[nH]nc1-2. The zero-order chi connectivity index (χ0) is 21.3. The molecule has 0 radical (unpaired) electrons. The number of benzene rings is 1. The number of hydrogen-bond acceptors (Lipinski definition) is 8. The van der Waals surface area contributed by atoms with Gasteiger partial charge in [0.1, 0.15) is 23.6 Å². The highest BCUT2D eigenvalue weighted by atomic mass is 16.5. The predicted molar refractivity (Wildman–Crippen MR) is 105 cm³/mol. The van der Waals surface area contributed by atoms with Gasteiger partial charge in [-0.05, 0) is 38.1 Å². The predicted octanol–water partition coefficient (Wildman–Crippen LogP) is 2.35. The molecule has 3 heterocycles. The summed E-state index contributed by atoms with van der Waals surface area (Å²) in [6, 6.07) is 7.36. The van der Waals surface area contributed by atoms with Gasteiger partial charge in [0, 0.05) is 18.0 Å². The number of carbonyl (C=O) groups excluding carboxylic acids is 1. The number of methoxy groups -OCH3 is 1. The quantitative estimate of drug-likeness (QED) is 0.481. The van der Waals surface area contributed by atoms with Crippen LogP contribution in [0, 0.1) is 0 Å². The van der Waals surface area contributed by atoms with Crippen molar-refractivity contribution in [3.05, 3.63) is 58.5 Å². The third-order valence-electron chi connectivity index (χ3n) is 4.29. The van der Waals surface area contributed by atoms with Crippen LogP contribution in [0.5, 0.6) is 5.75 Å². The van der Waals surface area contributed by atoms with Crippen LogP contribution >= 0.6 is 0 Å². The average molecular weight is 409 g/mol. The molecule has 2 aliphatic heterocycles. The van der Waals surface area contributed by atoms with Gasteiger partial charge in [0.05, 0.1) is 18.8 Å². The maximum Gasteiger partial charge on any atom is 0.341 e. The van der Waals surface area contributed by atoms with Gasteiger partial charge in [-0.15, -0.1) is 0 Å². The summed E-state index contributed by atoms with van der Waals surface area (Å²) in [5.41, 5.74) is 1.04. The van der Waals surface area contributed by atoms with Gasteiger partial charge in [-0.2, -0.15) is 10.1 Å². The molecule has 0 unspecified atom stereocenters. The summed E-state index contributed by atoms with van der Waals surface area (Å²) in [6.07, 6.45) is 3.17. The maximum absolute atomic E-state index is 12.1. The van der Waals surface area contributed by atoms with Gasteiger partial charge in [0.2, 0.25) is 11.7 Å². The van der Waals surface area contributed by atoms with E-state index in [4.69, 9.17) is 14.0 Å². The van der Waals surface area contributed by atoms with Crippen molar-refractivity contribution in [2.75, 3.05) is 7.11 Å². The fraction of sp³-hybridized carbons (Fsp3) is 0.250. The van der Waals surface area contributed by atoms with Gasteiger partial charge in [0.25, 0.3) is 5.56 Å². The van der Waals surface area contributed by atoms with E-state index in [1.165, 1.54) is 13.3 Å². The highest BCUT2D eigenvalue weighted by molar-refractivity contribution is 5.95. The molecule has 0 atom stereocenters. The summed E-state index contributed by atoms with van der Waals surface area (Å²) in [5.74, 6) is 0.883. The van der Waals surface area contributed by atoms with E-state index in [9.17, 15) is 9.59 Å². The number of nitrogens with zero attached hydrogens (tertiary/aromatic N) is 4. The fourth-order valence-corrected chi connectivity index (χ4v) is 2.99. The first kappa shape index (κ1) is 19.4. The van der Waals surface area contributed by atoms with Gasteiger partial charge >= 0.3 is 5.97 Å². The molecule has 0 bridgehead atoms. The second kappa shape index (κ2) is 7.82. The molecule has 1 aromatic carbocycles. The third-order valence-corrected chi connectivity index (χ3v) is 4.29. The van der Waals surface area contributed by atoms with Gasteiger partial charge < -0.3 is 18.6 Å². The van der Waals surface area contributed by atoms with E-state index in [0.29, 0.717) is 11.7 Å². The van der Waals surface area contributed by atoms with Crippen LogP contribution in [0.3, 0.4) is 0 Å². The summed E-state index contributed by atoms with van der Waals surface area (Å²) < 4.78 is 17.3. The largest absolute Gasteiger partial charge is 0.491 e. The number of ether oxygens (including phenoxy) is 2. The molecule has 2 aromatic rings.